The Kier molecular flexibility index (Phi) is 66.4. The van der Waals surface area contributed by atoms with E-state index in [1.807, 2.05) is 0 Å². The number of aliphatic hydroxyl groups is 2. The maximum atomic E-state index is 12.4. The van der Waals surface area contributed by atoms with Crippen molar-refractivity contribution in [3.05, 3.63) is 48.6 Å². The molecule has 0 heterocycles. The van der Waals surface area contributed by atoms with Crippen LogP contribution in [0.4, 0.5) is 0 Å². The van der Waals surface area contributed by atoms with Crippen LogP contribution in [0.15, 0.2) is 48.6 Å². The molecule has 0 aromatic heterocycles. The Morgan fingerprint density at radius 1 is 0.354 bits per heavy atom. The van der Waals surface area contributed by atoms with Gasteiger partial charge in [0.25, 0.3) is 0 Å². The number of hydrogen-bond acceptors (Lipinski definition) is 5. The van der Waals surface area contributed by atoms with E-state index in [1.54, 1.807) is 0 Å². The van der Waals surface area contributed by atoms with Crippen molar-refractivity contribution < 1.29 is 24.5 Å². The molecular weight excluding hydrogens is 971 g/mol. The standard InChI is InChI=1S/C73H137NO5/c1-3-5-7-9-11-13-14-15-16-17-38-41-44-47-51-55-59-63-67-73(78)79-68-64-60-56-52-48-45-42-39-36-34-32-30-28-26-24-22-20-18-19-21-23-25-27-29-31-33-35-37-40-43-46-50-54-58-62-66-72(77)74-70(69-75)71(76)65-61-57-53-49-12-10-8-6-4-2/h13-14,16-17,20,22,26,28,70-71,75-76H,3-12,15,18-19,21,23-25,27,29-69H2,1-2H3,(H,74,77)/b14-13-,17-16-,22-20-,28-26-. The van der Waals surface area contributed by atoms with Gasteiger partial charge >= 0.3 is 5.97 Å². The van der Waals surface area contributed by atoms with Crippen molar-refractivity contribution in [2.24, 2.45) is 0 Å². The quantitative estimate of drug-likeness (QED) is 0.0320. The van der Waals surface area contributed by atoms with Crippen LogP contribution in [0.25, 0.3) is 0 Å². The third-order valence-electron chi connectivity index (χ3n) is 16.4. The number of nitrogens with one attached hydrogen (secondary N) is 1. The van der Waals surface area contributed by atoms with Crippen molar-refractivity contribution in [1.29, 1.82) is 0 Å². The van der Waals surface area contributed by atoms with Gasteiger partial charge in [-0.25, -0.2) is 0 Å². The zero-order valence-electron chi connectivity index (χ0n) is 53.1. The molecule has 2 unspecified atom stereocenters. The van der Waals surface area contributed by atoms with E-state index in [4.69, 9.17) is 4.74 Å². The van der Waals surface area contributed by atoms with E-state index in [2.05, 4.69) is 67.8 Å². The molecule has 0 saturated carbocycles. The molecule has 3 N–H and O–H groups in total. The lowest BCUT2D eigenvalue weighted by molar-refractivity contribution is -0.143. The normalized spacial score (nSPS) is 12.8. The summed E-state index contributed by atoms with van der Waals surface area (Å²) >= 11 is 0. The fourth-order valence-corrected chi connectivity index (χ4v) is 10.9. The number of amides is 1. The number of carbonyl (C=O) groups is 2. The summed E-state index contributed by atoms with van der Waals surface area (Å²) in [5, 5.41) is 23.1. The highest BCUT2D eigenvalue weighted by Gasteiger charge is 2.20. The molecule has 1 amide bonds. The molecule has 0 aromatic rings. The smallest absolute Gasteiger partial charge is 0.305 e. The van der Waals surface area contributed by atoms with Gasteiger partial charge in [-0.1, -0.05) is 326 Å². The van der Waals surface area contributed by atoms with Gasteiger partial charge in [-0.3, -0.25) is 9.59 Å². The number of aliphatic hydroxyl groups excluding tert-OH is 2. The van der Waals surface area contributed by atoms with Crippen LogP contribution in [0.2, 0.25) is 0 Å². The molecule has 0 aliphatic heterocycles. The minimum atomic E-state index is -0.660. The minimum Gasteiger partial charge on any atom is -0.466 e. The highest BCUT2D eigenvalue weighted by Crippen LogP contribution is 2.18. The Bertz CT molecular complexity index is 1320. The predicted octanol–water partition coefficient (Wildman–Crippen LogP) is 22.9. The molecule has 2 atom stereocenters. The van der Waals surface area contributed by atoms with Crippen molar-refractivity contribution in [2.45, 2.75) is 392 Å². The van der Waals surface area contributed by atoms with Crippen LogP contribution in [0, 0.1) is 0 Å². The van der Waals surface area contributed by atoms with Gasteiger partial charge < -0.3 is 20.3 Å². The fraction of sp³-hybridized carbons (Fsp3) is 0.863. The zero-order chi connectivity index (χ0) is 57.1. The van der Waals surface area contributed by atoms with Crippen LogP contribution in [0.3, 0.4) is 0 Å². The lowest BCUT2D eigenvalue weighted by Gasteiger charge is -2.22. The molecule has 0 aromatic carbocycles. The summed E-state index contributed by atoms with van der Waals surface area (Å²) in [5.41, 5.74) is 0. The fourth-order valence-electron chi connectivity index (χ4n) is 10.9. The number of unbranched alkanes of at least 4 members (excludes halogenated alkanes) is 47. The van der Waals surface area contributed by atoms with Crippen molar-refractivity contribution in [1.82, 2.24) is 5.32 Å². The number of allylic oxidation sites excluding steroid dienone is 8. The van der Waals surface area contributed by atoms with E-state index in [-0.39, 0.29) is 18.5 Å². The first-order valence-electron chi connectivity index (χ1n) is 35.4. The third-order valence-corrected chi connectivity index (χ3v) is 16.4. The Hall–Kier alpha value is -2.18. The van der Waals surface area contributed by atoms with Gasteiger partial charge in [0.05, 0.1) is 25.4 Å². The monoisotopic (exact) mass is 1110 g/mol. The van der Waals surface area contributed by atoms with Crippen molar-refractivity contribution in [2.75, 3.05) is 13.2 Å². The van der Waals surface area contributed by atoms with Gasteiger partial charge in [0.1, 0.15) is 0 Å². The van der Waals surface area contributed by atoms with E-state index < -0.39 is 12.1 Å². The summed E-state index contributed by atoms with van der Waals surface area (Å²) < 4.78 is 5.50. The molecule has 0 radical (unpaired) electrons. The van der Waals surface area contributed by atoms with E-state index >= 15 is 0 Å². The first-order chi connectivity index (χ1) is 39.0. The maximum absolute atomic E-state index is 12.4. The van der Waals surface area contributed by atoms with Crippen LogP contribution in [-0.4, -0.2) is 47.4 Å². The Labute approximate surface area is 493 Å². The first-order valence-corrected chi connectivity index (χ1v) is 35.4. The molecule has 6 nitrogen and oxygen atoms in total. The summed E-state index contributed by atoms with van der Waals surface area (Å²) in [6, 6.07) is -0.538. The minimum absolute atomic E-state index is 0.00943. The lowest BCUT2D eigenvalue weighted by atomic mass is 10.0. The van der Waals surface area contributed by atoms with Gasteiger partial charge in [0, 0.05) is 12.8 Å². The average molecular weight is 1110 g/mol. The molecule has 0 saturated heterocycles. The number of carbonyl (C=O) groups excluding carboxylic acids is 2. The number of rotatable bonds is 66. The predicted molar refractivity (Wildman–Crippen MR) is 347 cm³/mol. The SMILES string of the molecule is CCCCCC/C=C\C/C=C\CCCCCCCCCC(=O)OCCCCCCCCCCCCC/C=C\C/C=C\CCCCCCCCCCCCCCCCCCCC(=O)NC(CO)C(O)CCCCCCCCCCC. The first kappa shape index (κ1) is 76.8. The second kappa shape index (κ2) is 68.3. The van der Waals surface area contributed by atoms with Crippen LogP contribution in [0.1, 0.15) is 380 Å². The van der Waals surface area contributed by atoms with Crippen LogP contribution < -0.4 is 5.32 Å². The summed E-state index contributed by atoms with van der Waals surface area (Å²) in [7, 11) is 0. The summed E-state index contributed by atoms with van der Waals surface area (Å²) in [6.07, 6.45) is 89.0. The molecular formula is C73H137NO5. The van der Waals surface area contributed by atoms with Gasteiger partial charge in [0.2, 0.25) is 5.91 Å². The van der Waals surface area contributed by atoms with E-state index in [0.717, 1.165) is 57.8 Å². The average Bonchev–Trinajstić information content (AvgIpc) is 3.45. The number of esters is 1. The van der Waals surface area contributed by atoms with Gasteiger partial charge in [0.15, 0.2) is 0 Å². The van der Waals surface area contributed by atoms with Gasteiger partial charge in [-0.2, -0.15) is 0 Å². The molecule has 0 spiro atoms. The molecule has 79 heavy (non-hydrogen) atoms. The summed E-state index contributed by atoms with van der Waals surface area (Å²) in [6.45, 7) is 4.93. The van der Waals surface area contributed by atoms with Crippen molar-refractivity contribution >= 4 is 11.9 Å². The Morgan fingerprint density at radius 2 is 0.633 bits per heavy atom. The second-order valence-corrected chi connectivity index (χ2v) is 24.2. The van der Waals surface area contributed by atoms with Crippen LogP contribution >= 0.6 is 0 Å². The molecule has 0 aliphatic carbocycles. The molecule has 0 bridgehead atoms. The molecule has 0 aliphatic rings. The highest BCUT2D eigenvalue weighted by atomic mass is 16.5. The van der Waals surface area contributed by atoms with Gasteiger partial charge in [-0.05, 0) is 89.9 Å². The summed E-state index contributed by atoms with van der Waals surface area (Å²) in [5.74, 6) is -0.0246. The Morgan fingerprint density at radius 3 is 0.975 bits per heavy atom. The lowest BCUT2D eigenvalue weighted by Crippen LogP contribution is -2.45. The number of ether oxygens (including phenoxy) is 1. The molecule has 0 rings (SSSR count). The summed E-state index contributed by atoms with van der Waals surface area (Å²) in [4.78, 5) is 24.5. The van der Waals surface area contributed by atoms with Crippen molar-refractivity contribution in [3.8, 4) is 0 Å². The highest BCUT2D eigenvalue weighted by molar-refractivity contribution is 5.76. The second-order valence-electron chi connectivity index (χ2n) is 24.2. The zero-order valence-corrected chi connectivity index (χ0v) is 53.1. The maximum Gasteiger partial charge on any atom is 0.305 e. The molecule has 6 heteroatoms. The Balaban J connectivity index is 3.34. The topological polar surface area (TPSA) is 95.9 Å². The van der Waals surface area contributed by atoms with E-state index in [0.29, 0.717) is 25.9 Å². The molecule has 464 valence electrons. The number of hydrogen-bond donors (Lipinski definition) is 3. The third kappa shape index (κ3) is 64.8. The van der Waals surface area contributed by atoms with Gasteiger partial charge in [-0.15, -0.1) is 0 Å². The van der Waals surface area contributed by atoms with E-state index in [9.17, 15) is 19.8 Å². The van der Waals surface area contributed by atoms with Crippen LogP contribution in [-0.2, 0) is 14.3 Å². The largest absolute Gasteiger partial charge is 0.466 e. The van der Waals surface area contributed by atoms with Crippen molar-refractivity contribution in [3.63, 3.8) is 0 Å². The van der Waals surface area contributed by atoms with E-state index in [1.165, 1.54) is 289 Å². The molecule has 0 fully saturated rings. The van der Waals surface area contributed by atoms with Crippen LogP contribution in [0.5, 0.6) is 0 Å².